The van der Waals surface area contributed by atoms with Crippen LogP contribution >= 0.6 is 11.3 Å². The minimum atomic E-state index is -2.92. The van der Waals surface area contributed by atoms with Gasteiger partial charge >= 0.3 is 11.9 Å². The number of quaternary nitrogens is 1. The fraction of sp³-hybridized carbons (Fsp3) is 0.500. The number of aliphatic hydroxyl groups is 1. The lowest BCUT2D eigenvalue weighted by atomic mass is 9.87. The van der Waals surface area contributed by atoms with Gasteiger partial charge in [-0.1, -0.05) is 36.4 Å². The van der Waals surface area contributed by atoms with Crippen LogP contribution in [0.2, 0.25) is 0 Å². The van der Waals surface area contributed by atoms with Crippen LogP contribution in [-0.4, -0.2) is 88.2 Å². The van der Waals surface area contributed by atoms with E-state index in [-0.39, 0.29) is 36.9 Å². The molecule has 0 radical (unpaired) electrons. The Bertz CT molecular complexity index is 1180. The molecule has 1 aromatic heterocycles. The minimum absolute atomic E-state index is 0.156. The molecule has 1 amide bonds. The molecule has 2 N–H and O–H groups in total. The molecule has 2 aromatic rings. The maximum Gasteiger partial charge on any atom is 0.369 e. The minimum Gasteiger partial charge on any atom is -0.547 e. The molecular weight excluding hydrogens is 556 g/mol. The number of benzene rings is 1. The average Bonchev–Trinajstić information content (AvgIpc) is 3.43. The van der Waals surface area contributed by atoms with Crippen LogP contribution in [0.15, 0.2) is 47.8 Å². The number of hydrogen-bond donors (Lipinski definition) is 2. The van der Waals surface area contributed by atoms with Crippen molar-refractivity contribution in [2.45, 2.75) is 56.8 Å². The van der Waals surface area contributed by atoms with E-state index in [4.69, 9.17) is 19.5 Å². The number of nitrogens with zero attached hydrogens (tertiary/aromatic N) is 2. The van der Waals surface area contributed by atoms with Crippen LogP contribution in [0.1, 0.15) is 43.0 Å². The number of carboxylic acids is 2. The average molecular weight is 593 g/mol. The molecule has 1 aromatic carbocycles. The van der Waals surface area contributed by atoms with Crippen molar-refractivity contribution < 1.29 is 53.6 Å². The lowest BCUT2D eigenvalue weighted by Gasteiger charge is -2.49. The molecule has 0 saturated carbocycles. The summed E-state index contributed by atoms with van der Waals surface area (Å²) in [7, 11) is 1.52. The number of thiophene rings is 1. The van der Waals surface area contributed by atoms with Crippen molar-refractivity contribution in [1.29, 1.82) is 0 Å². The molecular formula is C28H36N2O10S. The molecule has 1 unspecified atom stereocenters. The van der Waals surface area contributed by atoms with E-state index in [2.05, 4.69) is 0 Å². The van der Waals surface area contributed by atoms with E-state index in [0.29, 0.717) is 25.8 Å². The van der Waals surface area contributed by atoms with E-state index in [0.717, 1.165) is 10.4 Å². The Balaban J connectivity index is 1.82. The van der Waals surface area contributed by atoms with E-state index in [1.807, 2.05) is 47.8 Å². The second kappa shape index (κ2) is 14.0. The smallest absolute Gasteiger partial charge is 0.369 e. The first kappa shape index (κ1) is 32.2. The molecule has 224 valence electrons. The number of ether oxygens (including phenoxy) is 1. The van der Waals surface area contributed by atoms with Crippen molar-refractivity contribution in [2.24, 2.45) is 0 Å². The van der Waals surface area contributed by atoms with Crippen molar-refractivity contribution in [3.63, 3.8) is 0 Å². The summed E-state index contributed by atoms with van der Waals surface area (Å²) >= 11 is 1.54. The topological polar surface area (TPSA) is 163 Å². The van der Waals surface area contributed by atoms with E-state index in [1.165, 1.54) is 30.4 Å². The zero-order chi connectivity index (χ0) is 30.1. The van der Waals surface area contributed by atoms with Crippen LogP contribution in [0.3, 0.4) is 0 Å². The summed E-state index contributed by atoms with van der Waals surface area (Å²) in [5, 5.41) is 34.1. The van der Waals surface area contributed by atoms with Crippen molar-refractivity contribution in [3.05, 3.63) is 58.3 Å². The third kappa shape index (κ3) is 8.57. The summed E-state index contributed by atoms with van der Waals surface area (Å²) in [4.78, 5) is 61.3. The first-order chi connectivity index (χ1) is 19.4. The summed E-state index contributed by atoms with van der Waals surface area (Å²) in [6, 6.07) is 13.2. The van der Waals surface area contributed by atoms with Crippen molar-refractivity contribution >= 4 is 35.2 Å². The Labute approximate surface area is 242 Å². The SMILES string of the molecule is COCC1(N(OCc2ccccc2)C(C)=O)CC[N+](CCc2cccs2)(OC(=O)CC(O)(CC(=O)O)C(=O)[O-])CC1. The number of piperidine rings is 1. The molecule has 3 rings (SSSR count). The molecule has 0 aliphatic carbocycles. The third-order valence-corrected chi connectivity index (χ3v) is 8.14. The lowest BCUT2D eigenvalue weighted by Crippen LogP contribution is -2.65. The molecule has 41 heavy (non-hydrogen) atoms. The summed E-state index contributed by atoms with van der Waals surface area (Å²) in [6.07, 6.45) is -1.14. The third-order valence-electron chi connectivity index (χ3n) is 7.20. The number of hydroxylamine groups is 5. The highest BCUT2D eigenvalue weighted by Gasteiger charge is 2.51. The van der Waals surface area contributed by atoms with Gasteiger partial charge in [-0.05, 0) is 17.0 Å². The number of carbonyl (C=O) groups is 4. The van der Waals surface area contributed by atoms with Gasteiger partial charge in [-0.15, -0.1) is 16.0 Å². The Hall–Kier alpha value is -3.36. The first-order valence-electron chi connectivity index (χ1n) is 13.2. The molecule has 13 heteroatoms. The van der Waals surface area contributed by atoms with Crippen LogP contribution < -0.4 is 5.11 Å². The highest BCUT2D eigenvalue weighted by atomic mass is 32.1. The Kier molecular flexibility index (Phi) is 11.0. The summed E-state index contributed by atoms with van der Waals surface area (Å²) < 4.78 is 5.30. The number of hydrogen-bond acceptors (Lipinski definition) is 10. The van der Waals surface area contributed by atoms with Crippen LogP contribution in [0, 0.1) is 0 Å². The highest BCUT2D eigenvalue weighted by Crippen LogP contribution is 2.35. The predicted molar refractivity (Wildman–Crippen MR) is 143 cm³/mol. The number of carboxylic acid groups (broad SMARTS) is 2. The fourth-order valence-electron chi connectivity index (χ4n) is 5.08. The van der Waals surface area contributed by atoms with E-state index in [1.54, 1.807) is 0 Å². The number of amides is 1. The Morgan fingerprint density at radius 1 is 1.10 bits per heavy atom. The fourth-order valence-corrected chi connectivity index (χ4v) is 5.78. The monoisotopic (exact) mass is 592 g/mol. The van der Waals surface area contributed by atoms with Crippen LogP contribution in [0.4, 0.5) is 0 Å². The largest absolute Gasteiger partial charge is 0.547 e. The van der Waals surface area contributed by atoms with Crippen molar-refractivity contribution in [3.8, 4) is 0 Å². The Morgan fingerprint density at radius 3 is 2.32 bits per heavy atom. The molecule has 0 bridgehead atoms. The normalized spacial score (nSPS) is 21.9. The van der Waals surface area contributed by atoms with Gasteiger partial charge in [0.05, 0.1) is 25.4 Å². The van der Waals surface area contributed by atoms with Crippen molar-refractivity contribution in [2.75, 3.05) is 33.4 Å². The van der Waals surface area contributed by atoms with Gasteiger partial charge in [-0.3, -0.25) is 19.3 Å². The molecule has 12 nitrogen and oxygen atoms in total. The number of methoxy groups -OCH3 is 1. The maximum atomic E-state index is 13.0. The Morgan fingerprint density at radius 2 is 1.78 bits per heavy atom. The number of carbonyl (C=O) groups excluding carboxylic acids is 3. The van der Waals surface area contributed by atoms with Gasteiger partial charge in [0.15, 0.2) is 0 Å². The van der Waals surface area contributed by atoms with Gasteiger partial charge in [0.1, 0.15) is 37.4 Å². The number of rotatable bonds is 15. The van der Waals surface area contributed by atoms with Crippen LogP contribution in [0.5, 0.6) is 0 Å². The van der Waals surface area contributed by atoms with Gasteiger partial charge in [-0.25, -0.2) is 9.86 Å². The molecule has 1 aliphatic rings. The number of likely N-dealkylation sites (tertiary alicyclic amines) is 1. The number of aliphatic carboxylic acids is 2. The zero-order valence-electron chi connectivity index (χ0n) is 23.2. The summed E-state index contributed by atoms with van der Waals surface area (Å²) in [5.41, 5.74) is -2.92. The maximum absolute atomic E-state index is 13.0. The van der Waals surface area contributed by atoms with Gasteiger partial charge in [0.25, 0.3) is 0 Å². The van der Waals surface area contributed by atoms with Gasteiger partial charge in [0, 0.05) is 38.2 Å². The lowest BCUT2D eigenvalue weighted by molar-refractivity contribution is -1.09. The molecule has 2 heterocycles. The van der Waals surface area contributed by atoms with E-state index < -0.39 is 41.9 Å². The van der Waals surface area contributed by atoms with Crippen LogP contribution in [-0.2, 0) is 46.6 Å². The summed E-state index contributed by atoms with van der Waals surface area (Å²) in [5.74, 6) is -5.07. The second-order valence-electron chi connectivity index (χ2n) is 10.3. The van der Waals surface area contributed by atoms with E-state index >= 15 is 0 Å². The van der Waals surface area contributed by atoms with Gasteiger partial charge in [0.2, 0.25) is 5.91 Å². The molecule has 1 saturated heterocycles. The standard InChI is InChI=1S/C28H36N2O10S/c1-21(31)29(39-19-22-7-4-3-5-8-22)27(20-38-2)11-14-30(15-12-27,13-10-23-9-6-16-41-23)40-25(34)18-28(37,26(35)36)17-24(32)33/h3-9,16,37H,10-15,17-20H2,1-2H3,(H-,32,33,35,36). The van der Waals surface area contributed by atoms with Crippen LogP contribution in [0.25, 0.3) is 0 Å². The highest BCUT2D eigenvalue weighted by molar-refractivity contribution is 7.09. The molecule has 1 aliphatic heterocycles. The second-order valence-corrected chi connectivity index (χ2v) is 11.3. The van der Waals surface area contributed by atoms with Gasteiger partial charge < -0.3 is 24.9 Å². The quantitative estimate of drug-likeness (QED) is 0.226. The zero-order valence-corrected chi connectivity index (χ0v) is 24.0. The molecule has 1 atom stereocenters. The first-order valence-corrected chi connectivity index (χ1v) is 14.0. The summed E-state index contributed by atoms with van der Waals surface area (Å²) in [6.45, 7) is 2.50. The molecule has 0 spiro atoms. The van der Waals surface area contributed by atoms with E-state index in [9.17, 15) is 29.4 Å². The predicted octanol–water partition coefficient (Wildman–Crippen LogP) is 1.07. The molecule has 1 fully saturated rings. The van der Waals surface area contributed by atoms with Crippen molar-refractivity contribution in [1.82, 2.24) is 5.06 Å². The van der Waals surface area contributed by atoms with Gasteiger partial charge in [-0.2, -0.15) is 0 Å².